The fourth-order valence-electron chi connectivity index (χ4n) is 3.47. The summed E-state index contributed by atoms with van der Waals surface area (Å²) in [5.74, 6) is -0.925. The van der Waals surface area contributed by atoms with Crippen molar-refractivity contribution in [2.45, 2.75) is 50.2 Å². The third kappa shape index (κ3) is 4.06. The number of carbonyl (C=O) groups excluding carboxylic acids is 3. The summed E-state index contributed by atoms with van der Waals surface area (Å²) < 4.78 is 34.8. The van der Waals surface area contributed by atoms with Gasteiger partial charge in [0.25, 0.3) is 11.8 Å². The number of rotatable bonds is 4. The highest BCUT2D eigenvalue weighted by molar-refractivity contribution is 7.80. The van der Waals surface area contributed by atoms with E-state index in [0.29, 0.717) is 17.9 Å². The third-order valence-corrected chi connectivity index (χ3v) is 5.08. The number of nitrogens with zero attached hydrogens (tertiary/aromatic N) is 2. The van der Waals surface area contributed by atoms with Crippen LogP contribution in [0.25, 0.3) is 0 Å². The molecule has 4 N–H and O–H groups in total. The van der Waals surface area contributed by atoms with Crippen molar-refractivity contribution in [1.82, 2.24) is 26.1 Å². The van der Waals surface area contributed by atoms with Crippen LogP contribution in [-0.2, 0) is 24.3 Å². The Kier molecular flexibility index (Phi) is 5.32. The van der Waals surface area contributed by atoms with Gasteiger partial charge in [-0.2, -0.15) is 13.5 Å². The van der Waals surface area contributed by atoms with Gasteiger partial charge in [-0.3, -0.25) is 25.0 Å². The highest BCUT2D eigenvalue weighted by atomic mass is 32.3. The molecule has 3 saturated heterocycles. The Morgan fingerprint density at radius 2 is 1.88 bits per heavy atom. The zero-order chi connectivity index (χ0) is 18.9. The van der Waals surface area contributed by atoms with Gasteiger partial charge in [0.15, 0.2) is 0 Å². The standard InChI is InChI=1S/C13H21N5O7S/c19-11(9-3-1-2-6-14-9)15-16-12(20)10-5-4-8-7-17(10)13(21)18(8)25-26(22,23)24/h8-10,14H,1-7H2,(H,15,19)(H,16,20)(H,22,23,24)/t8?,9?,10-/m0/s1. The van der Waals surface area contributed by atoms with E-state index in [1.54, 1.807) is 0 Å². The van der Waals surface area contributed by atoms with E-state index in [2.05, 4.69) is 20.5 Å². The Balaban J connectivity index is 1.56. The zero-order valence-corrected chi connectivity index (χ0v) is 14.7. The average Bonchev–Trinajstić information content (AvgIpc) is 2.84. The molecule has 3 atom stereocenters. The van der Waals surface area contributed by atoms with Crippen molar-refractivity contribution in [3.8, 4) is 0 Å². The van der Waals surface area contributed by atoms with Crippen LogP contribution < -0.4 is 16.2 Å². The van der Waals surface area contributed by atoms with Crippen LogP contribution in [0.15, 0.2) is 0 Å². The summed E-state index contributed by atoms with van der Waals surface area (Å²) >= 11 is 0. The van der Waals surface area contributed by atoms with E-state index in [1.807, 2.05) is 0 Å². The molecule has 4 amide bonds. The lowest BCUT2D eigenvalue weighted by atomic mass is 10.0. The molecule has 0 aliphatic carbocycles. The smallest absolute Gasteiger partial charge is 0.309 e. The van der Waals surface area contributed by atoms with Gasteiger partial charge in [0.1, 0.15) is 6.04 Å². The minimum atomic E-state index is -4.84. The van der Waals surface area contributed by atoms with Crippen LogP contribution in [-0.4, -0.2) is 72.0 Å². The topological polar surface area (TPSA) is 157 Å². The fourth-order valence-corrected chi connectivity index (χ4v) is 3.86. The number of amides is 4. The summed E-state index contributed by atoms with van der Waals surface area (Å²) in [6.45, 7) is 0.826. The molecule has 146 valence electrons. The highest BCUT2D eigenvalue weighted by Gasteiger charge is 2.49. The number of fused-ring (bicyclic) bond motifs is 2. The molecule has 0 aromatic rings. The molecule has 2 unspecified atom stereocenters. The Hall–Kier alpha value is -1.96. The maximum Gasteiger partial charge on any atom is 0.418 e. The molecule has 0 aromatic carbocycles. The number of hydrogen-bond acceptors (Lipinski definition) is 7. The minimum absolute atomic E-state index is 0.0879. The monoisotopic (exact) mass is 391 g/mol. The van der Waals surface area contributed by atoms with Gasteiger partial charge in [-0.25, -0.2) is 4.79 Å². The second kappa shape index (κ2) is 7.34. The fraction of sp³-hybridized carbons (Fsp3) is 0.769. The van der Waals surface area contributed by atoms with Crippen LogP contribution in [0.3, 0.4) is 0 Å². The summed E-state index contributed by atoms with van der Waals surface area (Å²) in [5, 5.41) is 3.61. The molecule has 26 heavy (non-hydrogen) atoms. The molecule has 0 spiro atoms. The summed E-state index contributed by atoms with van der Waals surface area (Å²) in [4.78, 5) is 37.8. The van der Waals surface area contributed by atoms with Crippen LogP contribution in [0.4, 0.5) is 4.79 Å². The van der Waals surface area contributed by atoms with Crippen molar-refractivity contribution in [2.75, 3.05) is 13.1 Å². The number of urea groups is 1. The van der Waals surface area contributed by atoms with E-state index in [9.17, 15) is 22.8 Å². The summed E-state index contributed by atoms with van der Waals surface area (Å²) in [7, 11) is -4.84. The lowest BCUT2D eigenvalue weighted by molar-refractivity contribution is -0.133. The van der Waals surface area contributed by atoms with Crippen molar-refractivity contribution >= 4 is 28.2 Å². The lowest BCUT2D eigenvalue weighted by Crippen LogP contribution is -2.57. The van der Waals surface area contributed by atoms with Crippen LogP contribution in [0, 0.1) is 0 Å². The van der Waals surface area contributed by atoms with E-state index < -0.39 is 34.4 Å². The first kappa shape index (κ1) is 18.8. The molecular weight excluding hydrogens is 370 g/mol. The van der Waals surface area contributed by atoms with Crippen molar-refractivity contribution in [3.05, 3.63) is 0 Å². The maximum atomic E-state index is 12.3. The van der Waals surface area contributed by atoms with Gasteiger partial charge >= 0.3 is 16.4 Å². The number of hydrogen-bond donors (Lipinski definition) is 4. The van der Waals surface area contributed by atoms with Gasteiger partial charge in [0.2, 0.25) is 0 Å². The van der Waals surface area contributed by atoms with Gasteiger partial charge in [0, 0.05) is 6.54 Å². The highest BCUT2D eigenvalue weighted by Crippen LogP contribution is 2.30. The SMILES string of the molecule is O=C(NNC(=O)[C@@H]1CCC2CN1C(=O)N2OS(=O)(=O)O)C1CCCCN1. The molecule has 0 aromatic heterocycles. The van der Waals surface area contributed by atoms with Gasteiger partial charge < -0.3 is 10.2 Å². The molecule has 2 bridgehead atoms. The minimum Gasteiger partial charge on any atom is -0.309 e. The lowest BCUT2D eigenvalue weighted by Gasteiger charge is -2.29. The molecule has 0 radical (unpaired) electrons. The predicted octanol–water partition coefficient (Wildman–Crippen LogP) is -1.72. The van der Waals surface area contributed by atoms with E-state index in [1.165, 1.54) is 0 Å². The number of piperidine rings is 2. The van der Waals surface area contributed by atoms with Crippen molar-refractivity contribution in [3.63, 3.8) is 0 Å². The van der Waals surface area contributed by atoms with Crippen LogP contribution >= 0.6 is 0 Å². The first-order valence-electron chi connectivity index (χ1n) is 8.36. The summed E-state index contributed by atoms with van der Waals surface area (Å²) in [5.41, 5.74) is 4.67. The molecule has 3 aliphatic heterocycles. The zero-order valence-electron chi connectivity index (χ0n) is 13.9. The van der Waals surface area contributed by atoms with Crippen molar-refractivity contribution in [2.24, 2.45) is 0 Å². The van der Waals surface area contributed by atoms with Gasteiger partial charge in [-0.05, 0) is 32.2 Å². The largest absolute Gasteiger partial charge is 0.418 e. The number of hydrazine groups is 1. The molecule has 12 nitrogen and oxygen atoms in total. The van der Waals surface area contributed by atoms with Gasteiger partial charge in [-0.15, -0.1) is 4.28 Å². The Bertz CT molecular complexity index is 693. The van der Waals surface area contributed by atoms with Gasteiger partial charge in [0.05, 0.1) is 12.1 Å². The van der Waals surface area contributed by atoms with Crippen LogP contribution in [0.5, 0.6) is 0 Å². The Morgan fingerprint density at radius 3 is 2.54 bits per heavy atom. The molecule has 3 heterocycles. The molecule has 3 fully saturated rings. The Labute approximate surface area is 150 Å². The van der Waals surface area contributed by atoms with Crippen LogP contribution in [0.2, 0.25) is 0 Å². The molecule has 0 saturated carbocycles. The average molecular weight is 391 g/mol. The second-order valence-electron chi connectivity index (χ2n) is 6.49. The number of hydroxylamine groups is 2. The van der Waals surface area contributed by atoms with E-state index in [0.717, 1.165) is 24.3 Å². The molecular formula is C13H21N5O7S. The number of carbonyl (C=O) groups is 3. The van der Waals surface area contributed by atoms with Crippen molar-refractivity contribution in [1.29, 1.82) is 0 Å². The predicted molar refractivity (Wildman–Crippen MR) is 85.3 cm³/mol. The first-order chi connectivity index (χ1) is 12.3. The Morgan fingerprint density at radius 1 is 1.15 bits per heavy atom. The summed E-state index contributed by atoms with van der Waals surface area (Å²) in [6.07, 6.45) is 3.19. The van der Waals surface area contributed by atoms with E-state index >= 15 is 0 Å². The maximum absolute atomic E-state index is 12.3. The molecule has 13 heteroatoms. The normalized spacial score (nSPS) is 28.8. The van der Waals surface area contributed by atoms with Crippen LogP contribution in [0.1, 0.15) is 32.1 Å². The summed E-state index contributed by atoms with van der Waals surface area (Å²) in [6, 6.07) is -2.64. The molecule has 3 rings (SSSR count). The van der Waals surface area contributed by atoms with E-state index in [-0.39, 0.29) is 24.9 Å². The first-order valence-corrected chi connectivity index (χ1v) is 9.73. The second-order valence-corrected chi connectivity index (χ2v) is 7.50. The quantitative estimate of drug-likeness (QED) is 0.325. The third-order valence-electron chi connectivity index (χ3n) is 4.74. The molecule has 3 aliphatic rings. The van der Waals surface area contributed by atoms with Gasteiger partial charge in [-0.1, -0.05) is 6.42 Å². The number of nitrogens with one attached hydrogen (secondary N) is 3. The van der Waals surface area contributed by atoms with E-state index in [4.69, 9.17) is 4.55 Å². The van der Waals surface area contributed by atoms with Crippen molar-refractivity contribution < 1.29 is 31.6 Å².